The zero-order valence-electron chi connectivity index (χ0n) is 16.4. The van der Waals surface area contributed by atoms with Crippen LogP contribution in [0.4, 0.5) is 17.6 Å². The maximum atomic E-state index is 14.6. The minimum atomic E-state index is -1.96. The van der Waals surface area contributed by atoms with Gasteiger partial charge in [-0.05, 0) is 30.4 Å². The number of carbonyl (C=O) groups is 4. The van der Waals surface area contributed by atoms with E-state index in [0.717, 1.165) is 30.4 Å². The van der Waals surface area contributed by atoms with Crippen LogP contribution >= 0.6 is 0 Å². The molecule has 3 aliphatic rings. The molecule has 0 N–H and O–H groups in total. The maximum absolute atomic E-state index is 14.6. The minimum Gasteiger partial charge on any atom is -0.451 e. The molecule has 34 heavy (non-hydrogen) atoms. The Hall–Kier alpha value is -4.48. The third-order valence-electron chi connectivity index (χ3n) is 5.18. The number of halogens is 4. The summed E-state index contributed by atoms with van der Waals surface area (Å²) in [4.78, 5) is 46.3. The molecule has 1 saturated heterocycles. The van der Waals surface area contributed by atoms with Gasteiger partial charge < -0.3 is 18.9 Å². The lowest BCUT2D eigenvalue weighted by molar-refractivity contribution is -0.153. The van der Waals surface area contributed by atoms with Crippen molar-refractivity contribution in [2.75, 3.05) is 0 Å². The molecular formula is C22H8F4O8. The molecule has 1 fully saturated rings. The number of fused-ring (bicyclic) bond motifs is 2. The first kappa shape index (κ1) is 21.4. The average Bonchev–Trinajstić information content (AvgIpc) is 3.26. The monoisotopic (exact) mass is 476 g/mol. The summed E-state index contributed by atoms with van der Waals surface area (Å²) < 4.78 is 77.0. The Morgan fingerprint density at radius 3 is 1.97 bits per heavy atom. The Morgan fingerprint density at radius 2 is 1.29 bits per heavy atom. The van der Waals surface area contributed by atoms with Gasteiger partial charge in [0.05, 0.1) is 23.0 Å². The van der Waals surface area contributed by atoms with E-state index in [9.17, 15) is 36.7 Å². The summed E-state index contributed by atoms with van der Waals surface area (Å²) in [6.45, 7) is 0. The van der Waals surface area contributed by atoms with E-state index >= 15 is 0 Å². The Labute approximate surface area is 186 Å². The fourth-order valence-electron chi connectivity index (χ4n) is 3.53. The summed E-state index contributed by atoms with van der Waals surface area (Å²) in [6.07, 6.45) is 3.31. The lowest BCUT2D eigenvalue weighted by Crippen LogP contribution is -2.18. The molecule has 5 rings (SSSR count). The summed E-state index contributed by atoms with van der Waals surface area (Å²) in [5.74, 6) is -17.3. The van der Waals surface area contributed by atoms with Gasteiger partial charge in [0.15, 0.2) is 0 Å². The van der Waals surface area contributed by atoms with Crippen LogP contribution in [0.25, 0.3) is 0 Å². The van der Waals surface area contributed by atoms with E-state index in [1.54, 1.807) is 0 Å². The third-order valence-corrected chi connectivity index (χ3v) is 5.18. The zero-order chi connectivity index (χ0) is 24.3. The molecule has 2 unspecified atom stereocenters. The van der Waals surface area contributed by atoms with Crippen LogP contribution in [-0.2, 0) is 19.1 Å². The second-order valence-corrected chi connectivity index (χ2v) is 7.22. The number of benzene rings is 2. The maximum Gasteiger partial charge on any atom is 0.347 e. The molecule has 1 aliphatic carbocycles. The van der Waals surface area contributed by atoms with Crippen molar-refractivity contribution in [3.8, 4) is 17.2 Å². The number of ether oxygens (including phenoxy) is 4. The number of allylic oxidation sites excluding steroid dienone is 1. The zero-order valence-corrected chi connectivity index (χ0v) is 16.4. The predicted molar refractivity (Wildman–Crippen MR) is 98.5 cm³/mol. The first-order valence-electron chi connectivity index (χ1n) is 9.43. The highest BCUT2D eigenvalue weighted by molar-refractivity contribution is 6.14. The van der Waals surface area contributed by atoms with Gasteiger partial charge in [0.1, 0.15) is 11.5 Å². The summed E-state index contributed by atoms with van der Waals surface area (Å²) in [5, 5.41) is 0. The Bertz CT molecular complexity index is 1360. The van der Waals surface area contributed by atoms with Gasteiger partial charge in [0.25, 0.3) is 0 Å². The molecule has 2 heterocycles. The molecule has 0 bridgehead atoms. The Kier molecular flexibility index (Phi) is 4.74. The van der Waals surface area contributed by atoms with Crippen molar-refractivity contribution in [1.29, 1.82) is 0 Å². The van der Waals surface area contributed by atoms with E-state index in [-0.39, 0.29) is 16.9 Å². The van der Waals surface area contributed by atoms with E-state index in [1.807, 2.05) is 0 Å². The van der Waals surface area contributed by atoms with Crippen molar-refractivity contribution >= 4 is 23.9 Å². The molecule has 0 radical (unpaired) electrons. The van der Waals surface area contributed by atoms with E-state index < -0.39 is 76.2 Å². The van der Waals surface area contributed by atoms with E-state index in [1.165, 1.54) is 6.08 Å². The minimum absolute atomic E-state index is 0.122. The van der Waals surface area contributed by atoms with Crippen LogP contribution in [0.3, 0.4) is 0 Å². The molecule has 0 saturated carbocycles. The second kappa shape index (κ2) is 7.54. The standard InChI is InChI=1S/C22H8F4O8/c23-13-15(25)18(32-8-2-4-10-12(6-8)22(30)34-20(10)28)16(26)14(24)17(13)31-7-1-3-9-11(5-7)21(29)33-19(9)27/h1-6,9,11H. The SMILES string of the molecule is O=C1OC(=O)c2cc(Oc3c(F)c(F)c(OC4=CC5C(=O)OC(=O)C5C=C4)c(F)c3F)ccc21. The van der Waals surface area contributed by atoms with Crippen LogP contribution in [0.2, 0.25) is 0 Å². The lowest BCUT2D eigenvalue weighted by atomic mass is 9.90. The van der Waals surface area contributed by atoms with Crippen molar-refractivity contribution in [2.45, 2.75) is 0 Å². The van der Waals surface area contributed by atoms with Gasteiger partial charge in [-0.25, -0.2) is 9.59 Å². The van der Waals surface area contributed by atoms with Crippen molar-refractivity contribution < 1.29 is 55.7 Å². The van der Waals surface area contributed by atoms with Crippen molar-refractivity contribution in [3.63, 3.8) is 0 Å². The Balaban J connectivity index is 1.46. The lowest BCUT2D eigenvalue weighted by Gasteiger charge is -2.17. The van der Waals surface area contributed by atoms with E-state index in [0.29, 0.717) is 0 Å². The normalized spacial score (nSPS) is 20.5. The van der Waals surface area contributed by atoms with Crippen LogP contribution in [0, 0.1) is 35.1 Å². The van der Waals surface area contributed by atoms with Gasteiger partial charge in [-0.1, -0.05) is 6.08 Å². The van der Waals surface area contributed by atoms with Gasteiger partial charge in [0, 0.05) is 0 Å². The summed E-state index contributed by atoms with van der Waals surface area (Å²) in [5.41, 5.74) is -0.384. The molecule has 2 aliphatic heterocycles. The molecule has 0 amide bonds. The van der Waals surface area contributed by atoms with E-state index in [2.05, 4.69) is 9.47 Å². The third kappa shape index (κ3) is 3.22. The highest BCUT2D eigenvalue weighted by atomic mass is 19.2. The molecule has 0 aromatic heterocycles. The number of esters is 4. The highest BCUT2D eigenvalue weighted by Gasteiger charge is 2.43. The summed E-state index contributed by atoms with van der Waals surface area (Å²) >= 11 is 0. The van der Waals surface area contributed by atoms with Crippen LogP contribution < -0.4 is 9.47 Å². The summed E-state index contributed by atoms with van der Waals surface area (Å²) in [6, 6.07) is 3.03. The predicted octanol–water partition coefficient (Wildman–Crippen LogP) is 3.49. The van der Waals surface area contributed by atoms with E-state index in [4.69, 9.17) is 9.47 Å². The molecule has 2 atom stereocenters. The molecule has 2 aromatic carbocycles. The number of hydrogen-bond acceptors (Lipinski definition) is 8. The number of rotatable bonds is 4. The molecule has 172 valence electrons. The van der Waals surface area contributed by atoms with Crippen molar-refractivity contribution in [1.82, 2.24) is 0 Å². The second-order valence-electron chi connectivity index (χ2n) is 7.22. The fourth-order valence-corrected chi connectivity index (χ4v) is 3.53. The van der Waals surface area contributed by atoms with Gasteiger partial charge in [-0.2, -0.15) is 17.6 Å². The number of hydrogen-bond donors (Lipinski definition) is 0. The summed E-state index contributed by atoms with van der Waals surface area (Å²) in [7, 11) is 0. The highest BCUT2D eigenvalue weighted by Crippen LogP contribution is 2.39. The first-order valence-corrected chi connectivity index (χ1v) is 9.43. The molecular weight excluding hydrogens is 468 g/mol. The van der Waals surface area contributed by atoms with Gasteiger partial charge in [-0.3, -0.25) is 9.59 Å². The van der Waals surface area contributed by atoms with Crippen LogP contribution in [-0.4, -0.2) is 23.9 Å². The quantitative estimate of drug-likeness (QED) is 0.286. The van der Waals surface area contributed by atoms with Crippen molar-refractivity contribution in [2.24, 2.45) is 11.8 Å². The Morgan fingerprint density at radius 1 is 0.706 bits per heavy atom. The topological polar surface area (TPSA) is 105 Å². The largest absolute Gasteiger partial charge is 0.451 e. The van der Waals surface area contributed by atoms with Crippen molar-refractivity contribution in [3.05, 3.63) is 76.6 Å². The average molecular weight is 476 g/mol. The molecule has 2 aromatic rings. The van der Waals surface area contributed by atoms with Crippen LogP contribution in [0.5, 0.6) is 17.2 Å². The van der Waals surface area contributed by atoms with Crippen LogP contribution in [0.1, 0.15) is 20.7 Å². The first-order chi connectivity index (χ1) is 16.2. The smallest absolute Gasteiger partial charge is 0.347 e. The fraction of sp³-hybridized carbons (Fsp3) is 0.0909. The van der Waals surface area contributed by atoms with Gasteiger partial charge in [-0.15, -0.1) is 0 Å². The number of cyclic esters (lactones) is 4. The van der Waals surface area contributed by atoms with Crippen LogP contribution in [0.15, 0.2) is 42.2 Å². The molecule has 12 heteroatoms. The van der Waals surface area contributed by atoms with Gasteiger partial charge in [0.2, 0.25) is 34.8 Å². The molecule has 0 spiro atoms. The number of carbonyl (C=O) groups excluding carboxylic acids is 4. The molecule has 8 nitrogen and oxygen atoms in total. The van der Waals surface area contributed by atoms with Gasteiger partial charge >= 0.3 is 23.9 Å².